The van der Waals surface area contributed by atoms with Gasteiger partial charge in [0.2, 0.25) is 5.91 Å². The van der Waals surface area contributed by atoms with E-state index in [2.05, 4.69) is 24.4 Å². The van der Waals surface area contributed by atoms with Crippen LogP contribution in [0.2, 0.25) is 0 Å². The van der Waals surface area contributed by atoms with Crippen molar-refractivity contribution < 1.29 is 9.59 Å². The lowest BCUT2D eigenvalue weighted by Crippen LogP contribution is -2.44. The summed E-state index contributed by atoms with van der Waals surface area (Å²) in [7, 11) is 1.76. The third-order valence-corrected chi connectivity index (χ3v) is 5.51. The maximum Gasteiger partial charge on any atom is 0.317 e. The Balaban J connectivity index is 2.07. The quantitative estimate of drug-likeness (QED) is 0.889. The molecule has 6 heteroatoms. The predicted octanol–water partition coefficient (Wildman–Crippen LogP) is 3.01. The number of urea groups is 1. The number of aryl methyl sites for hydroxylation is 1. The van der Waals surface area contributed by atoms with Crippen molar-refractivity contribution in [3.05, 3.63) is 35.4 Å². The first-order valence-electron chi connectivity index (χ1n) is 8.34. The molecule has 132 valence electrons. The van der Waals surface area contributed by atoms with E-state index in [1.165, 1.54) is 11.1 Å². The third kappa shape index (κ3) is 4.23. The van der Waals surface area contributed by atoms with Gasteiger partial charge in [-0.1, -0.05) is 24.3 Å². The molecule has 24 heavy (non-hydrogen) atoms. The van der Waals surface area contributed by atoms with Crippen LogP contribution in [0.25, 0.3) is 0 Å². The fraction of sp³-hybridized carbons (Fsp3) is 0.556. The summed E-state index contributed by atoms with van der Waals surface area (Å²) < 4.78 is 0. The van der Waals surface area contributed by atoms with Crippen LogP contribution >= 0.6 is 11.8 Å². The molecule has 2 unspecified atom stereocenters. The molecule has 1 heterocycles. The van der Waals surface area contributed by atoms with Crippen LogP contribution in [0.1, 0.15) is 37.3 Å². The number of hydrogen-bond donors (Lipinski definition) is 1. The maximum absolute atomic E-state index is 12.5. The maximum atomic E-state index is 12.5. The number of rotatable bonds is 5. The van der Waals surface area contributed by atoms with Gasteiger partial charge in [-0.3, -0.25) is 4.79 Å². The van der Waals surface area contributed by atoms with Gasteiger partial charge < -0.3 is 15.1 Å². The molecule has 1 aromatic rings. The summed E-state index contributed by atoms with van der Waals surface area (Å²) in [6, 6.07) is 8.17. The van der Waals surface area contributed by atoms with E-state index in [1.807, 2.05) is 37.8 Å². The highest BCUT2D eigenvalue weighted by atomic mass is 32.2. The molecule has 1 saturated heterocycles. The molecule has 1 aliphatic rings. The van der Waals surface area contributed by atoms with Gasteiger partial charge in [0, 0.05) is 26.2 Å². The second-order valence-corrected chi connectivity index (χ2v) is 7.97. The van der Waals surface area contributed by atoms with Crippen LogP contribution in [0.15, 0.2) is 24.3 Å². The van der Waals surface area contributed by atoms with Crippen molar-refractivity contribution in [3.63, 3.8) is 0 Å². The second-order valence-electron chi connectivity index (χ2n) is 6.54. The van der Waals surface area contributed by atoms with Gasteiger partial charge in [-0.05, 0) is 38.8 Å². The molecule has 2 atom stereocenters. The largest absolute Gasteiger partial charge is 0.336 e. The highest BCUT2D eigenvalue weighted by Crippen LogP contribution is 2.43. The van der Waals surface area contributed by atoms with Crippen molar-refractivity contribution in [2.45, 2.75) is 44.4 Å². The predicted molar refractivity (Wildman–Crippen MR) is 99.0 cm³/mol. The van der Waals surface area contributed by atoms with Gasteiger partial charge in [0.05, 0.1) is 5.25 Å². The normalized spacial score (nSPS) is 20.6. The van der Waals surface area contributed by atoms with Crippen LogP contribution in [0, 0.1) is 6.92 Å². The fourth-order valence-corrected chi connectivity index (χ4v) is 4.13. The summed E-state index contributed by atoms with van der Waals surface area (Å²) in [6.45, 7) is 8.94. The van der Waals surface area contributed by atoms with Gasteiger partial charge in [0.15, 0.2) is 0 Å². The van der Waals surface area contributed by atoms with E-state index in [0.717, 1.165) is 0 Å². The Morgan fingerprint density at radius 3 is 2.67 bits per heavy atom. The highest BCUT2D eigenvalue weighted by Gasteiger charge is 2.38. The van der Waals surface area contributed by atoms with Gasteiger partial charge in [-0.2, -0.15) is 0 Å². The molecule has 1 fully saturated rings. The van der Waals surface area contributed by atoms with Crippen LogP contribution in [0.5, 0.6) is 0 Å². The number of carbonyl (C=O) groups excluding carboxylic acids is 2. The molecule has 3 amide bonds. The smallest absolute Gasteiger partial charge is 0.317 e. The van der Waals surface area contributed by atoms with Crippen molar-refractivity contribution in [2.75, 3.05) is 20.1 Å². The Kier molecular flexibility index (Phi) is 6.15. The van der Waals surface area contributed by atoms with E-state index in [-0.39, 0.29) is 28.6 Å². The molecule has 2 rings (SSSR count). The van der Waals surface area contributed by atoms with Gasteiger partial charge >= 0.3 is 6.03 Å². The van der Waals surface area contributed by atoms with Crippen LogP contribution in [-0.4, -0.2) is 53.2 Å². The van der Waals surface area contributed by atoms with Crippen molar-refractivity contribution in [3.8, 4) is 0 Å². The molecular formula is C18H27N3O2S. The summed E-state index contributed by atoms with van der Waals surface area (Å²) in [4.78, 5) is 28.1. The van der Waals surface area contributed by atoms with E-state index in [1.54, 1.807) is 23.7 Å². The molecule has 5 nitrogen and oxygen atoms in total. The summed E-state index contributed by atoms with van der Waals surface area (Å²) in [5, 5.41) is 2.84. The fourth-order valence-electron chi connectivity index (χ4n) is 2.72. The molecule has 0 spiro atoms. The average molecular weight is 350 g/mol. The van der Waals surface area contributed by atoms with Crippen molar-refractivity contribution >= 4 is 23.7 Å². The van der Waals surface area contributed by atoms with Gasteiger partial charge in [0.1, 0.15) is 5.37 Å². The van der Waals surface area contributed by atoms with Crippen molar-refractivity contribution in [1.29, 1.82) is 0 Å². The van der Waals surface area contributed by atoms with Crippen LogP contribution in [-0.2, 0) is 4.79 Å². The summed E-state index contributed by atoms with van der Waals surface area (Å²) in [5.41, 5.74) is 2.36. The topological polar surface area (TPSA) is 52.7 Å². The molecule has 0 aromatic heterocycles. The highest BCUT2D eigenvalue weighted by molar-refractivity contribution is 8.01. The van der Waals surface area contributed by atoms with Crippen LogP contribution < -0.4 is 5.32 Å². The lowest BCUT2D eigenvalue weighted by atomic mass is 10.1. The first-order chi connectivity index (χ1) is 11.3. The number of thioether (sulfide) groups is 1. The molecular weight excluding hydrogens is 322 g/mol. The van der Waals surface area contributed by atoms with Crippen molar-refractivity contribution in [2.24, 2.45) is 0 Å². The number of nitrogens with zero attached hydrogens (tertiary/aromatic N) is 2. The summed E-state index contributed by atoms with van der Waals surface area (Å²) >= 11 is 1.68. The Bertz CT molecular complexity index is 606. The Hall–Kier alpha value is -1.69. The number of benzene rings is 1. The second kappa shape index (κ2) is 7.92. The van der Waals surface area contributed by atoms with Crippen LogP contribution in [0.4, 0.5) is 4.79 Å². The molecule has 0 bridgehead atoms. The van der Waals surface area contributed by atoms with Gasteiger partial charge in [-0.25, -0.2) is 4.79 Å². The molecule has 0 radical (unpaired) electrons. The lowest BCUT2D eigenvalue weighted by Gasteiger charge is -2.28. The third-order valence-electron chi connectivity index (χ3n) is 4.14. The zero-order chi connectivity index (χ0) is 17.9. The van der Waals surface area contributed by atoms with E-state index in [4.69, 9.17) is 0 Å². The van der Waals surface area contributed by atoms with Crippen molar-refractivity contribution in [1.82, 2.24) is 15.1 Å². The van der Waals surface area contributed by atoms with Crippen LogP contribution in [0.3, 0.4) is 0 Å². The number of hydrogen-bond acceptors (Lipinski definition) is 3. The lowest BCUT2D eigenvalue weighted by molar-refractivity contribution is -0.129. The minimum Gasteiger partial charge on any atom is -0.336 e. The number of nitrogens with one attached hydrogen (secondary N) is 1. The molecule has 0 saturated carbocycles. The van der Waals surface area contributed by atoms with E-state index < -0.39 is 0 Å². The molecule has 0 aliphatic carbocycles. The zero-order valence-corrected chi connectivity index (χ0v) is 15.9. The Labute approximate surface area is 148 Å². The van der Waals surface area contributed by atoms with E-state index in [9.17, 15) is 9.59 Å². The first-order valence-corrected chi connectivity index (χ1v) is 9.28. The summed E-state index contributed by atoms with van der Waals surface area (Å²) in [6.07, 6.45) is 0. The molecule has 1 aromatic carbocycles. The minimum atomic E-state index is -0.107. The van der Waals surface area contributed by atoms with E-state index >= 15 is 0 Å². The minimum absolute atomic E-state index is 0.0234. The number of likely N-dealkylation sites (N-methyl/N-ethyl adjacent to an activating group) is 1. The van der Waals surface area contributed by atoms with E-state index in [0.29, 0.717) is 13.1 Å². The Morgan fingerprint density at radius 1 is 1.38 bits per heavy atom. The van der Waals surface area contributed by atoms with Gasteiger partial charge in [0.25, 0.3) is 0 Å². The standard InChI is InChI=1S/C18H27N3O2S/c1-12(2)19-18(23)20(5)10-11-21-16(22)14(4)24-17(21)15-9-7-6-8-13(15)3/h6-9,12,14,17H,10-11H2,1-5H3,(H,19,23). The van der Waals surface area contributed by atoms with Gasteiger partial charge in [-0.15, -0.1) is 11.8 Å². The molecule has 1 N–H and O–H groups in total. The summed E-state index contributed by atoms with van der Waals surface area (Å²) in [5.74, 6) is 0.144. The Morgan fingerprint density at radius 2 is 2.04 bits per heavy atom. The SMILES string of the molecule is Cc1ccccc1C1SC(C)C(=O)N1CCN(C)C(=O)NC(C)C. The first kappa shape index (κ1) is 18.6. The zero-order valence-electron chi connectivity index (χ0n) is 15.1. The monoisotopic (exact) mass is 349 g/mol. The number of amides is 3. The molecule has 1 aliphatic heterocycles. The average Bonchev–Trinajstić information content (AvgIpc) is 2.80. The number of carbonyl (C=O) groups is 2.